The van der Waals surface area contributed by atoms with E-state index in [1.807, 2.05) is 6.07 Å². The predicted octanol–water partition coefficient (Wildman–Crippen LogP) is 2.05. The molecule has 26 heavy (non-hydrogen) atoms. The molecule has 0 spiro atoms. The zero-order chi connectivity index (χ0) is 18.1. The molecular formula is C19H20FN5O. The number of carbonyl (C=O) groups excluding carboxylic acids is 1. The van der Waals surface area contributed by atoms with E-state index in [2.05, 4.69) is 27.2 Å². The highest BCUT2D eigenvalue weighted by Gasteiger charge is 2.26. The molecule has 1 unspecified atom stereocenters. The summed E-state index contributed by atoms with van der Waals surface area (Å²) in [7, 11) is 0. The van der Waals surface area contributed by atoms with Gasteiger partial charge in [-0.1, -0.05) is 12.1 Å². The second-order valence-electron chi connectivity index (χ2n) is 6.48. The minimum absolute atomic E-state index is 0.124. The molecule has 1 amide bonds. The second-order valence-corrected chi connectivity index (χ2v) is 6.48. The fourth-order valence-electron chi connectivity index (χ4n) is 3.32. The normalized spacial score (nSPS) is 16.1. The summed E-state index contributed by atoms with van der Waals surface area (Å²) in [5.74, 6) is -0.460. The lowest BCUT2D eigenvalue weighted by atomic mass is 10.1. The van der Waals surface area contributed by atoms with Crippen molar-refractivity contribution in [2.75, 3.05) is 31.1 Å². The first-order chi connectivity index (χ1) is 12.6. The Labute approximate surface area is 150 Å². The average molecular weight is 353 g/mol. The van der Waals surface area contributed by atoms with Crippen molar-refractivity contribution in [3.05, 3.63) is 60.0 Å². The molecular weight excluding hydrogens is 333 g/mol. The first-order valence-corrected chi connectivity index (χ1v) is 8.60. The Morgan fingerprint density at radius 1 is 1.12 bits per heavy atom. The number of benzene rings is 2. The maximum atomic E-state index is 13.0. The quantitative estimate of drug-likeness (QED) is 0.755. The summed E-state index contributed by atoms with van der Waals surface area (Å²) in [5, 5.41) is 8.06. The summed E-state index contributed by atoms with van der Waals surface area (Å²) in [5.41, 5.74) is 8.83. The number of piperazine rings is 1. The van der Waals surface area contributed by atoms with E-state index in [9.17, 15) is 9.18 Å². The molecule has 4 rings (SSSR count). The molecule has 1 aliphatic rings. The number of H-pyrrole nitrogens is 1. The molecule has 0 radical (unpaired) electrons. The number of halogens is 1. The Bertz CT molecular complexity index is 915. The Morgan fingerprint density at radius 3 is 2.58 bits per heavy atom. The van der Waals surface area contributed by atoms with Gasteiger partial charge in [-0.15, -0.1) is 0 Å². The van der Waals surface area contributed by atoms with Crippen molar-refractivity contribution in [2.24, 2.45) is 5.73 Å². The minimum atomic E-state index is -0.760. The van der Waals surface area contributed by atoms with Crippen molar-refractivity contribution >= 4 is 22.5 Å². The molecule has 3 aromatic rings. The molecule has 2 heterocycles. The van der Waals surface area contributed by atoms with Crippen LogP contribution in [0.25, 0.3) is 10.9 Å². The topological polar surface area (TPSA) is 78.3 Å². The van der Waals surface area contributed by atoms with Gasteiger partial charge in [0.05, 0.1) is 11.7 Å². The zero-order valence-electron chi connectivity index (χ0n) is 14.2. The maximum absolute atomic E-state index is 13.0. The third kappa shape index (κ3) is 3.13. The summed E-state index contributed by atoms with van der Waals surface area (Å²) in [6, 6.07) is 11.2. The van der Waals surface area contributed by atoms with Gasteiger partial charge in [0.2, 0.25) is 5.91 Å². The largest absolute Gasteiger partial charge is 0.368 e. The van der Waals surface area contributed by atoms with Crippen molar-refractivity contribution < 1.29 is 9.18 Å². The number of fused-ring (bicyclic) bond motifs is 1. The Balaban J connectivity index is 1.40. The summed E-state index contributed by atoms with van der Waals surface area (Å²) in [6.45, 7) is 2.70. The third-order valence-electron chi connectivity index (χ3n) is 4.88. The zero-order valence-corrected chi connectivity index (χ0v) is 14.2. The van der Waals surface area contributed by atoms with Crippen molar-refractivity contribution in [3.63, 3.8) is 0 Å². The number of nitrogens with two attached hydrogens (primary N) is 1. The Morgan fingerprint density at radius 2 is 1.85 bits per heavy atom. The van der Waals surface area contributed by atoms with E-state index >= 15 is 0 Å². The minimum Gasteiger partial charge on any atom is -0.368 e. The van der Waals surface area contributed by atoms with Crippen LogP contribution in [-0.4, -0.2) is 47.2 Å². The molecule has 3 N–H and O–H groups in total. The molecule has 1 fully saturated rings. The van der Waals surface area contributed by atoms with Crippen LogP contribution < -0.4 is 10.6 Å². The fraction of sp³-hybridized carbons (Fsp3) is 0.263. The first-order valence-electron chi connectivity index (χ1n) is 8.60. The molecule has 134 valence electrons. The molecule has 1 saturated heterocycles. The first kappa shape index (κ1) is 16.5. The van der Waals surface area contributed by atoms with Crippen LogP contribution in [0.2, 0.25) is 0 Å². The van der Waals surface area contributed by atoms with Gasteiger partial charge < -0.3 is 15.5 Å². The Kier molecular flexibility index (Phi) is 4.30. The second kappa shape index (κ2) is 6.76. The molecule has 2 aromatic carbocycles. The fourth-order valence-corrected chi connectivity index (χ4v) is 3.32. The molecule has 0 bridgehead atoms. The third-order valence-corrected chi connectivity index (χ3v) is 4.88. The molecule has 1 aliphatic heterocycles. The molecule has 1 atom stereocenters. The van der Waals surface area contributed by atoms with Gasteiger partial charge in [0, 0.05) is 37.3 Å². The standard InChI is InChI=1S/C19H20FN5O/c20-15-3-1-13(2-4-15)18(21)19(26)25-9-7-24(8-10-25)16-5-6-17-14(11-16)12-22-23-17/h1-6,11-12,18H,7-10,21H2,(H,22,23). The summed E-state index contributed by atoms with van der Waals surface area (Å²) < 4.78 is 13.0. The van der Waals surface area contributed by atoms with Gasteiger partial charge in [-0.05, 0) is 35.9 Å². The number of carbonyl (C=O) groups is 1. The van der Waals surface area contributed by atoms with Gasteiger partial charge in [-0.2, -0.15) is 5.10 Å². The van der Waals surface area contributed by atoms with Gasteiger partial charge >= 0.3 is 0 Å². The van der Waals surface area contributed by atoms with Crippen LogP contribution in [0, 0.1) is 5.82 Å². The van der Waals surface area contributed by atoms with Crippen LogP contribution in [0.5, 0.6) is 0 Å². The van der Waals surface area contributed by atoms with Gasteiger partial charge in [-0.25, -0.2) is 4.39 Å². The van der Waals surface area contributed by atoms with Crippen LogP contribution in [0.1, 0.15) is 11.6 Å². The summed E-state index contributed by atoms with van der Waals surface area (Å²) in [4.78, 5) is 16.7. The number of aromatic amines is 1. The SMILES string of the molecule is NC(C(=O)N1CCN(c2ccc3[nH]ncc3c2)CC1)c1ccc(F)cc1. The van der Waals surface area contributed by atoms with Crippen LogP contribution in [0.3, 0.4) is 0 Å². The van der Waals surface area contributed by atoms with Gasteiger partial charge in [0.1, 0.15) is 11.9 Å². The van der Waals surface area contributed by atoms with E-state index in [0.29, 0.717) is 18.7 Å². The maximum Gasteiger partial charge on any atom is 0.244 e. The summed E-state index contributed by atoms with van der Waals surface area (Å²) in [6.07, 6.45) is 1.81. The van der Waals surface area contributed by atoms with Crippen molar-refractivity contribution in [3.8, 4) is 0 Å². The smallest absolute Gasteiger partial charge is 0.244 e. The average Bonchev–Trinajstić information content (AvgIpc) is 3.15. The van der Waals surface area contributed by atoms with Crippen molar-refractivity contribution in [1.29, 1.82) is 0 Å². The lowest BCUT2D eigenvalue weighted by Crippen LogP contribution is -2.51. The van der Waals surface area contributed by atoms with Crippen LogP contribution in [-0.2, 0) is 4.79 Å². The molecule has 6 nitrogen and oxygen atoms in total. The number of anilines is 1. The highest BCUT2D eigenvalue weighted by atomic mass is 19.1. The number of hydrogen-bond donors (Lipinski definition) is 2. The molecule has 7 heteroatoms. The number of amides is 1. The van der Waals surface area contributed by atoms with Gasteiger partial charge in [0.15, 0.2) is 0 Å². The summed E-state index contributed by atoms with van der Waals surface area (Å²) >= 11 is 0. The monoisotopic (exact) mass is 353 g/mol. The number of nitrogens with zero attached hydrogens (tertiary/aromatic N) is 3. The number of rotatable bonds is 3. The number of nitrogens with one attached hydrogen (secondary N) is 1. The van der Waals surface area contributed by atoms with Crippen molar-refractivity contribution in [1.82, 2.24) is 15.1 Å². The van der Waals surface area contributed by atoms with E-state index < -0.39 is 6.04 Å². The van der Waals surface area contributed by atoms with Crippen LogP contribution >= 0.6 is 0 Å². The van der Waals surface area contributed by atoms with Crippen LogP contribution in [0.15, 0.2) is 48.7 Å². The Hall–Kier alpha value is -2.93. The molecule has 0 aliphatic carbocycles. The van der Waals surface area contributed by atoms with Gasteiger partial charge in [0.25, 0.3) is 0 Å². The predicted molar refractivity (Wildman–Crippen MR) is 98.2 cm³/mol. The van der Waals surface area contributed by atoms with E-state index in [1.54, 1.807) is 23.2 Å². The van der Waals surface area contributed by atoms with Crippen molar-refractivity contribution in [2.45, 2.75) is 6.04 Å². The van der Waals surface area contributed by atoms with Crippen LogP contribution in [0.4, 0.5) is 10.1 Å². The lowest BCUT2D eigenvalue weighted by Gasteiger charge is -2.37. The van der Waals surface area contributed by atoms with E-state index in [4.69, 9.17) is 5.73 Å². The molecule has 0 saturated carbocycles. The highest BCUT2D eigenvalue weighted by molar-refractivity contribution is 5.84. The van der Waals surface area contributed by atoms with E-state index in [-0.39, 0.29) is 11.7 Å². The highest BCUT2D eigenvalue weighted by Crippen LogP contribution is 2.23. The van der Waals surface area contributed by atoms with E-state index in [0.717, 1.165) is 29.7 Å². The van der Waals surface area contributed by atoms with Gasteiger partial charge in [-0.3, -0.25) is 9.89 Å². The van der Waals surface area contributed by atoms with E-state index in [1.165, 1.54) is 12.1 Å². The number of hydrogen-bond acceptors (Lipinski definition) is 4. The molecule has 1 aromatic heterocycles. The lowest BCUT2D eigenvalue weighted by molar-refractivity contribution is -0.133. The number of aromatic nitrogens is 2.